The van der Waals surface area contributed by atoms with Crippen molar-refractivity contribution in [3.63, 3.8) is 0 Å². The number of pyridine rings is 1. The van der Waals surface area contributed by atoms with Crippen LogP contribution >= 0.6 is 0 Å². The summed E-state index contributed by atoms with van der Waals surface area (Å²) >= 11 is 0. The second-order valence-corrected chi connectivity index (χ2v) is 6.68. The van der Waals surface area contributed by atoms with Crippen molar-refractivity contribution in [1.29, 1.82) is 5.26 Å². The number of likely N-dealkylation sites (tertiary alicyclic amines) is 1. The van der Waals surface area contributed by atoms with Crippen LogP contribution in [0.2, 0.25) is 0 Å². The van der Waals surface area contributed by atoms with Gasteiger partial charge in [0.15, 0.2) is 0 Å². The number of carbonyl (C=O) groups excluding carboxylic acids is 1. The number of aromatic nitrogens is 3. The zero-order valence-electron chi connectivity index (χ0n) is 14.7. The molecule has 1 saturated heterocycles. The molecular weight excluding hydrogens is 342 g/mol. The second-order valence-electron chi connectivity index (χ2n) is 6.68. The van der Waals surface area contributed by atoms with Gasteiger partial charge in [-0.25, -0.2) is 0 Å². The van der Waals surface area contributed by atoms with Crippen molar-refractivity contribution in [1.82, 2.24) is 20.0 Å². The Morgan fingerprint density at radius 2 is 2.07 bits per heavy atom. The number of hydrogen-bond donors (Lipinski definition) is 0. The highest BCUT2D eigenvalue weighted by Crippen LogP contribution is 2.33. The Balaban J connectivity index is 1.51. The minimum absolute atomic E-state index is 0.00902. The molecule has 27 heavy (non-hydrogen) atoms. The lowest BCUT2D eigenvalue weighted by Gasteiger charge is -2.15. The molecule has 7 heteroatoms. The molecule has 1 amide bonds. The molecule has 2 aromatic heterocycles. The fourth-order valence-corrected chi connectivity index (χ4v) is 3.32. The van der Waals surface area contributed by atoms with Crippen molar-refractivity contribution in [3.05, 3.63) is 65.8 Å². The molecule has 0 bridgehead atoms. The Morgan fingerprint density at radius 1 is 1.26 bits per heavy atom. The summed E-state index contributed by atoms with van der Waals surface area (Å²) < 4.78 is 5.47. The summed E-state index contributed by atoms with van der Waals surface area (Å²) in [4.78, 5) is 23.1. The molecule has 0 saturated carbocycles. The minimum atomic E-state index is -0.0548. The second kappa shape index (κ2) is 7.00. The van der Waals surface area contributed by atoms with Crippen LogP contribution in [0.3, 0.4) is 0 Å². The first-order valence-corrected chi connectivity index (χ1v) is 8.69. The highest BCUT2D eigenvalue weighted by atomic mass is 16.5. The molecule has 134 valence electrons. The van der Waals surface area contributed by atoms with Gasteiger partial charge < -0.3 is 9.42 Å². The summed E-state index contributed by atoms with van der Waals surface area (Å²) in [6.07, 6.45) is 3.38. The zero-order valence-corrected chi connectivity index (χ0v) is 14.7. The summed E-state index contributed by atoms with van der Waals surface area (Å²) in [6.45, 7) is 3.22. The van der Waals surface area contributed by atoms with Gasteiger partial charge in [-0.05, 0) is 42.3 Å². The molecule has 1 aliphatic heterocycles. The Morgan fingerprint density at radius 3 is 2.78 bits per heavy atom. The van der Waals surface area contributed by atoms with Crippen LogP contribution in [0.15, 0.2) is 53.3 Å². The van der Waals surface area contributed by atoms with E-state index in [-0.39, 0.29) is 17.7 Å². The lowest BCUT2D eigenvalue weighted by atomic mass is 9.98. The summed E-state index contributed by atoms with van der Waals surface area (Å²) in [6, 6.07) is 12.4. The Kier molecular flexibility index (Phi) is 4.38. The molecule has 4 rings (SSSR count). The minimum Gasteiger partial charge on any atom is -0.339 e. The Bertz CT molecular complexity index is 991. The van der Waals surface area contributed by atoms with E-state index in [4.69, 9.17) is 9.78 Å². The molecule has 2 atom stereocenters. The van der Waals surface area contributed by atoms with Gasteiger partial charge in [-0.2, -0.15) is 10.2 Å². The van der Waals surface area contributed by atoms with Crippen LogP contribution in [-0.2, 0) is 0 Å². The van der Waals surface area contributed by atoms with Gasteiger partial charge in [0.1, 0.15) is 0 Å². The predicted molar refractivity (Wildman–Crippen MR) is 96.5 cm³/mol. The van der Waals surface area contributed by atoms with Gasteiger partial charge >= 0.3 is 0 Å². The third-order valence-electron chi connectivity index (χ3n) is 4.84. The fourth-order valence-electron chi connectivity index (χ4n) is 3.32. The van der Waals surface area contributed by atoms with Crippen LogP contribution in [0, 0.1) is 17.2 Å². The number of carbonyl (C=O) groups is 1. The summed E-state index contributed by atoms with van der Waals surface area (Å²) in [5.74, 6) is 1.18. The predicted octanol–water partition coefficient (Wildman–Crippen LogP) is 2.88. The molecule has 1 fully saturated rings. The van der Waals surface area contributed by atoms with Crippen molar-refractivity contribution >= 4 is 5.91 Å². The largest absolute Gasteiger partial charge is 0.339 e. The molecular formula is C20H17N5O2. The summed E-state index contributed by atoms with van der Waals surface area (Å²) in [5.41, 5.74) is 1.90. The van der Waals surface area contributed by atoms with Crippen LogP contribution in [-0.4, -0.2) is 39.0 Å². The van der Waals surface area contributed by atoms with Crippen molar-refractivity contribution in [2.45, 2.75) is 12.8 Å². The standard InChI is InChI=1S/C20H17N5O2/c1-13-11-25(20(26)15-6-4-14(9-21)5-7-15)12-17(13)19-23-18(24-27-19)16-3-2-8-22-10-16/h2-8,10,13,17H,11-12H2,1H3/t13-,17-/m0/s1. The number of rotatable bonds is 3. The van der Waals surface area contributed by atoms with E-state index in [1.807, 2.05) is 12.1 Å². The molecule has 3 heterocycles. The van der Waals surface area contributed by atoms with Gasteiger partial charge in [0, 0.05) is 36.6 Å². The first-order chi connectivity index (χ1) is 13.2. The summed E-state index contributed by atoms with van der Waals surface area (Å²) in [7, 11) is 0. The highest BCUT2D eigenvalue weighted by Gasteiger charge is 2.37. The fraction of sp³-hybridized carbons (Fsp3) is 0.250. The number of hydrogen-bond acceptors (Lipinski definition) is 6. The van der Waals surface area contributed by atoms with Crippen molar-refractivity contribution in [3.8, 4) is 17.5 Å². The number of benzene rings is 1. The van der Waals surface area contributed by atoms with Crippen LogP contribution in [0.25, 0.3) is 11.4 Å². The average molecular weight is 359 g/mol. The van der Waals surface area contributed by atoms with E-state index in [1.165, 1.54) is 0 Å². The molecule has 0 radical (unpaired) electrons. The molecule has 0 unspecified atom stereocenters. The van der Waals surface area contributed by atoms with Crippen LogP contribution in [0.1, 0.15) is 34.7 Å². The average Bonchev–Trinajstić information content (AvgIpc) is 3.35. The van der Waals surface area contributed by atoms with E-state index >= 15 is 0 Å². The Labute approximate surface area is 156 Å². The maximum Gasteiger partial charge on any atom is 0.253 e. The molecule has 3 aromatic rings. The molecule has 0 spiro atoms. The summed E-state index contributed by atoms with van der Waals surface area (Å²) in [5, 5.41) is 12.9. The van der Waals surface area contributed by atoms with E-state index in [0.717, 1.165) is 5.56 Å². The maximum absolute atomic E-state index is 12.8. The van der Waals surface area contributed by atoms with Crippen LogP contribution < -0.4 is 0 Å². The van der Waals surface area contributed by atoms with E-state index in [1.54, 1.807) is 41.6 Å². The van der Waals surface area contributed by atoms with Crippen molar-refractivity contribution in [2.75, 3.05) is 13.1 Å². The van der Waals surface area contributed by atoms with Crippen molar-refractivity contribution in [2.24, 2.45) is 5.92 Å². The first kappa shape index (κ1) is 16.9. The van der Waals surface area contributed by atoms with Gasteiger partial charge in [0.2, 0.25) is 11.7 Å². The van der Waals surface area contributed by atoms with Crippen LogP contribution in [0.4, 0.5) is 0 Å². The van der Waals surface area contributed by atoms with E-state index < -0.39 is 0 Å². The Hall–Kier alpha value is -3.53. The van der Waals surface area contributed by atoms with Gasteiger partial charge in [-0.1, -0.05) is 12.1 Å². The van der Waals surface area contributed by atoms with Gasteiger partial charge in [-0.15, -0.1) is 0 Å². The first-order valence-electron chi connectivity index (χ1n) is 8.69. The molecule has 0 aliphatic carbocycles. The number of nitriles is 1. The molecule has 0 N–H and O–H groups in total. The third-order valence-corrected chi connectivity index (χ3v) is 4.84. The third kappa shape index (κ3) is 3.29. The van der Waals surface area contributed by atoms with E-state index in [9.17, 15) is 4.79 Å². The van der Waals surface area contributed by atoms with E-state index in [2.05, 4.69) is 28.1 Å². The quantitative estimate of drug-likeness (QED) is 0.713. The number of nitrogens with zero attached hydrogens (tertiary/aromatic N) is 5. The molecule has 7 nitrogen and oxygen atoms in total. The lowest BCUT2D eigenvalue weighted by molar-refractivity contribution is 0.0786. The van der Waals surface area contributed by atoms with E-state index in [0.29, 0.717) is 35.9 Å². The van der Waals surface area contributed by atoms with Gasteiger partial charge in [0.25, 0.3) is 5.91 Å². The monoisotopic (exact) mass is 359 g/mol. The molecule has 1 aromatic carbocycles. The van der Waals surface area contributed by atoms with Gasteiger partial charge in [0.05, 0.1) is 17.6 Å². The van der Waals surface area contributed by atoms with Crippen molar-refractivity contribution < 1.29 is 9.32 Å². The normalized spacial score (nSPS) is 19.0. The maximum atomic E-state index is 12.8. The zero-order chi connectivity index (χ0) is 18.8. The van der Waals surface area contributed by atoms with Crippen LogP contribution in [0.5, 0.6) is 0 Å². The smallest absolute Gasteiger partial charge is 0.253 e. The lowest BCUT2D eigenvalue weighted by Crippen LogP contribution is -2.28. The number of amides is 1. The van der Waals surface area contributed by atoms with Gasteiger partial charge in [-0.3, -0.25) is 9.78 Å². The topological polar surface area (TPSA) is 95.9 Å². The highest BCUT2D eigenvalue weighted by molar-refractivity contribution is 5.94. The SMILES string of the molecule is C[C@H]1CN(C(=O)c2ccc(C#N)cc2)C[C@@H]1c1nc(-c2cccnc2)no1. The molecule has 1 aliphatic rings.